The van der Waals surface area contributed by atoms with Gasteiger partial charge in [-0.05, 0) is 34.0 Å². The van der Waals surface area contributed by atoms with Gasteiger partial charge in [0.15, 0.2) is 0 Å². The van der Waals surface area contributed by atoms with Crippen LogP contribution in [0.3, 0.4) is 0 Å². The molecule has 1 aromatic carbocycles. The van der Waals surface area contributed by atoms with Crippen molar-refractivity contribution in [2.75, 3.05) is 0 Å². The Morgan fingerprint density at radius 2 is 2.19 bits per heavy atom. The molecule has 0 fully saturated rings. The van der Waals surface area contributed by atoms with Crippen molar-refractivity contribution in [1.82, 2.24) is 5.32 Å². The Hall–Kier alpha value is -0.900. The number of nitrogens with two attached hydrogens (primary N) is 1. The van der Waals surface area contributed by atoms with E-state index in [1.165, 1.54) is 21.2 Å². The highest BCUT2D eigenvalue weighted by atomic mass is 32.1. The fraction of sp³-hybridized carbons (Fsp3) is 0.385. The molecule has 0 aliphatic rings. The van der Waals surface area contributed by atoms with Gasteiger partial charge in [-0.1, -0.05) is 19.9 Å². The van der Waals surface area contributed by atoms with Crippen LogP contribution in [-0.2, 0) is 13.1 Å². The quantitative estimate of drug-likeness (QED) is 0.853. The van der Waals surface area contributed by atoms with E-state index in [4.69, 9.17) is 5.73 Å². The third-order valence-electron chi connectivity index (χ3n) is 2.65. The number of hydrogen-bond donors (Lipinski definition) is 2. The number of nitrogens with one attached hydrogen (secondary N) is 1. The summed E-state index contributed by atoms with van der Waals surface area (Å²) < 4.78 is 1.35. The van der Waals surface area contributed by atoms with Crippen molar-refractivity contribution >= 4 is 21.4 Å². The van der Waals surface area contributed by atoms with E-state index in [-0.39, 0.29) is 0 Å². The minimum Gasteiger partial charge on any atom is -0.326 e. The van der Waals surface area contributed by atoms with E-state index in [0.717, 1.165) is 6.54 Å². The molecular weight excluding hydrogens is 216 g/mol. The van der Waals surface area contributed by atoms with Crippen molar-refractivity contribution in [3.63, 3.8) is 0 Å². The summed E-state index contributed by atoms with van der Waals surface area (Å²) in [4.78, 5) is 0. The molecule has 0 unspecified atom stereocenters. The first-order valence-corrected chi connectivity index (χ1v) is 6.51. The maximum Gasteiger partial charge on any atom is 0.0346 e. The van der Waals surface area contributed by atoms with Gasteiger partial charge in [-0.15, -0.1) is 11.3 Å². The summed E-state index contributed by atoms with van der Waals surface area (Å²) in [7, 11) is 0. The van der Waals surface area contributed by atoms with Crippen molar-refractivity contribution in [2.24, 2.45) is 5.73 Å². The van der Waals surface area contributed by atoms with Crippen molar-refractivity contribution in [1.29, 1.82) is 0 Å². The van der Waals surface area contributed by atoms with E-state index in [9.17, 15) is 0 Å². The Balaban J connectivity index is 2.30. The predicted molar refractivity (Wildman–Crippen MR) is 71.7 cm³/mol. The zero-order chi connectivity index (χ0) is 11.5. The monoisotopic (exact) mass is 234 g/mol. The van der Waals surface area contributed by atoms with E-state index in [2.05, 4.69) is 42.7 Å². The average molecular weight is 234 g/mol. The number of rotatable bonds is 4. The van der Waals surface area contributed by atoms with Crippen molar-refractivity contribution in [3.8, 4) is 0 Å². The maximum absolute atomic E-state index is 5.67. The molecule has 3 N–H and O–H groups in total. The molecule has 0 radical (unpaired) electrons. The van der Waals surface area contributed by atoms with Crippen LogP contribution in [0.25, 0.3) is 10.1 Å². The number of hydrogen-bond acceptors (Lipinski definition) is 3. The van der Waals surface area contributed by atoms with Crippen molar-refractivity contribution in [3.05, 3.63) is 34.7 Å². The summed E-state index contributed by atoms with van der Waals surface area (Å²) in [5.74, 6) is 0. The van der Waals surface area contributed by atoms with Crippen LogP contribution in [-0.4, -0.2) is 6.04 Å². The topological polar surface area (TPSA) is 38.0 Å². The Kier molecular flexibility index (Phi) is 3.59. The predicted octanol–water partition coefficient (Wildman–Crippen LogP) is 2.86. The minimum absolute atomic E-state index is 0.521. The van der Waals surface area contributed by atoms with Crippen LogP contribution in [0, 0.1) is 0 Å². The highest BCUT2D eigenvalue weighted by molar-refractivity contribution is 7.17. The molecule has 1 heterocycles. The summed E-state index contributed by atoms with van der Waals surface area (Å²) in [6, 6.07) is 7.01. The first-order chi connectivity index (χ1) is 7.70. The molecule has 2 rings (SSSR count). The van der Waals surface area contributed by atoms with E-state index >= 15 is 0 Å². The third kappa shape index (κ3) is 2.43. The first kappa shape index (κ1) is 11.6. The van der Waals surface area contributed by atoms with E-state index < -0.39 is 0 Å². The molecule has 86 valence electrons. The Bertz CT molecular complexity index is 474. The van der Waals surface area contributed by atoms with Crippen LogP contribution in [0.2, 0.25) is 0 Å². The molecule has 2 nitrogen and oxygen atoms in total. The highest BCUT2D eigenvalue weighted by Crippen LogP contribution is 2.26. The van der Waals surface area contributed by atoms with E-state index in [0.29, 0.717) is 12.6 Å². The van der Waals surface area contributed by atoms with Gasteiger partial charge >= 0.3 is 0 Å². The standard InChI is InChI=1S/C13H18N2S/c1-9(2)15-7-11-8-16-13-4-3-10(6-14)5-12(11)13/h3-5,8-9,15H,6-7,14H2,1-2H3. The lowest BCUT2D eigenvalue weighted by atomic mass is 10.1. The molecule has 0 saturated carbocycles. The van der Waals surface area contributed by atoms with E-state index in [1.807, 2.05) is 0 Å². The fourth-order valence-corrected chi connectivity index (χ4v) is 2.65. The van der Waals surface area contributed by atoms with Gasteiger partial charge in [0.2, 0.25) is 0 Å². The van der Waals surface area contributed by atoms with Gasteiger partial charge in [0.1, 0.15) is 0 Å². The molecule has 0 bridgehead atoms. The second-order valence-electron chi connectivity index (χ2n) is 4.33. The van der Waals surface area contributed by atoms with Gasteiger partial charge in [0.25, 0.3) is 0 Å². The number of fused-ring (bicyclic) bond motifs is 1. The first-order valence-electron chi connectivity index (χ1n) is 5.63. The smallest absolute Gasteiger partial charge is 0.0346 e. The van der Waals surface area contributed by atoms with Crippen LogP contribution >= 0.6 is 11.3 Å². The molecule has 1 aromatic heterocycles. The van der Waals surface area contributed by atoms with Gasteiger partial charge in [0, 0.05) is 23.8 Å². The van der Waals surface area contributed by atoms with E-state index in [1.54, 1.807) is 11.3 Å². The Morgan fingerprint density at radius 3 is 2.88 bits per heavy atom. The average Bonchev–Trinajstić information content (AvgIpc) is 2.68. The molecule has 0 aliphatic heterocycles. The normalized spacial score (nSPS) is 11.5. The lowest BCUT2D eigenvalue weighted by Crippen LogP contribution is -2.21. The summed E-state index contributed by atoms with van der Waals surface area (Å²) >= 11 is 1.80. The lowest BCUT2D eigenvalue weighted by molar-refractivity contribution is 0.591. The molecule has 3 heteroatoms. The second-order valence-corrected chi connectivity index (χ2v) is 5.24. The molecule has 0 aliphatic carbocycles. The summed E-state index contributed by atoms with van der Waals surface area (Å²) in [5, 5.41) is 7.04. The minimum atomic E-state index is 0.521. The maximum atomic E-state index is 5.67. The van der Waals surface area contributed by atoms with Gasteiger partial charge in [-0.2, -0.15) is 0 Å². The van der Waals surface area contributed by atoms with Crippen molar-refractivity contribution in [2.45, 2.75) is 33.0 Å². The lowest BCUT2D eigenvalue weighted by Gasteiger charge is -2.07. The third-order valence-corrected chi connectivity index (χ3v) is 3.67. The molecular formula is C13H18N2S. The summed E-state index contributed by atoms with van der Waals surface area (Å²) in [5.41, 5.74) is 8.25. The second kappa shape index (κ2) is 4.95. The molecule has 16 heavy (non-hydrogen) atoms. The van der Waals surface area contributed by atoms with Gasteiger partial charge < -0.3 is 11.1 Å². The van der Waals surface area contributed by atoms with Crippen LogP contribution in [0.5, 0.6) is 0 Å². The zero-order valence-corrected chi connectivity index (χ0v) is 10.6. The Morgan fingerprint density at radius 1 is 1.38 bits per heavy atom. The van der Waals surface area contributed by atoms with Crippen LogP contribution < -0.4 is 11.1 Å². The van der Waals surface area contributed by atoms with Crippen LogP contribution in [0.1, 0.15) is 25.0 Å². The SMILES string of the molecule is CC(C)NCc1csc2ccc(CN)cc12. The molecule has 2 aromatic rings. The number of benzene rings is 1. The van der Waals surface area contributed by atoms with Crippen LogP contribution in [0.15, 0.2) is 23.6 Å². The van der Waals surface area contributed by atoms with Gasteiger partial charge in [-0.3, -0.25) is 0 Å². The Labute approximate surface area is 100 Å². The highest BCUT2D eigenvalue weighted by Gasteiger charge is 2.05. The van der Waals surface area contributed by atoms with Crippen molar-refractivity contribution < 1.29 is 0 Å². The van der Waals surface area contributed by atoms with Crippen LogP contribution in [0.4, 0.5) is 0 Å². The fourth-order valence-electron chi connectivity index (χ4n) is 1.71. The summed E-state index contributed by atoms with van der Waals surface area (Å²) in [6.45, 7) is 5.88. The molecule has 0 saturated heterocycles. The summed E-state index contributed by atoms with van der Waals surface area (Å²) in [6.07, 6.45) is 0. The van der Waals surface area contributed by atoms with Gasteiger partial charge in [-0.25, -0.2) is 0 Å². The molecule has 0 spiro atoms. The van der Waals surface area contributed by atoms with Gasteiger partial charge in [0.05, 0.1) is 0 Å². The molecule has 0 atom stereocenters. The number of thiophene rings is 1. The molecule has 0 amide bonds. The largest absolute Gasteiger partial charge is 0.326 e. The zero-order valence-electron chi connectivity index (χ0n) is 9.79.